The van der Waals surface area contributed by atoms with Crippen molar-refractivity contribution in [3.63, 3.8) is 0 Å². The molecule has 2 aliphatic heterocycles. The monoisotopic (exact) mass is 329 g/mol. The van der Waals surface area contributed by atoms with Crippen LogP contribution >= 0.6 is 0 Å². The summed E-state index contributed by atoms with van der Waals surface area (Å²) in [4.78, 5) is 25.9. The molecular weight excluding hydrogens is 306 g/mol. The third kappa shape index (κ3) is 4.03. The second kappa shape index (κ2) is 7.62. The van der Waals surface area contributed by atoms with Gasteiger partial charge in [0.1, 0.15) is 6.10 Å². The van der Waals surface area contributed by atoms with Crippen molar-refractivity contribution < 1.29 is 19.1 Å². The molecule has 3 rings (SSSR count). The fourth-order valence-electron chi connectivity index (χ4n) is 3.44. The predicted octanol–water partition coefficient (Wildman–Crippen LogP) is 2.46. The van der Waals surface area contributed by atoms with Crippen LogP contribution in [0.1, 0.15) is 31.7 Å². The Balaban J connectivity index is 1.79. The van der Waals surface area contributed by atoms with E-state index in [1.165, 1.54) is 12.5 Å². The van der Waals surface area contributed by atoms with Crippen LogP contribution in [0.3, 0.4) is 0 Å². The molecule has 1 aromatic rings. The second-order valence-corrected chi connectivity index (χ2v) is 6.31. The average molecular weight is 329 g/mol. The molecular formula is C19H23NO4. The number of cyclic esters (lactones) is 1. The van der Waals surface area contributed by atoms with Crippen molar-refractivity contribution in [3.05, 3.63) is 47.5 Å². The van der Waals surface area contributed by atoms with Crippen molar-refractivity contribution in [2.45, 2.75) is 44.9 Å². The first-order valence-electron chi connectivity index (χ1n) is 8.47. The Kier molecular flexibility index (Phi) is 5.30. The number of carbonyl (C=O) groups excluding carboxylic acids is 2. The minimum absolute atomic E-state index is 0.0221. The van der Waals surface area contributed by atoms with Crippen molar-refractivity contribution in [2.24, 2.45) is 0 Å². The van der Waals surface area contributed by atoms with E-state index in [4.69, 9.17) is 9.47 Å². The van der Waals surface area contributed by atoms with E-state index in [-0.39, 0.29) is 30.7 Å². The number of benzene rings is 1. The molecule has 0 unspecified atom stereocenters. The highest BCUT2D eigenvalue weighted by molar-refractivity contribution is 5.90. The number of nitrogens with zero attached hydrogens (tertiary/aromatic N) is 1. The number of hydrogen-bond acceptors (Lipinski definition) is 5. The average Bonchev–Trinajstić information content (AvgIpc) is 2.92. The molecule has 2 atom stereocenters. The largest absolute Gasteiger partial charge is 0.462 e. The van der Waals surface area contributed by atoms with Gasteiger partial charge in [0.2, 0.25) is 0 Å². The summed E-state index contributed by atoms with van der Waals surface area (Å²) in [5, 5.41) is 0. The lowest BCUT2D eigenvalue weighted by atomic mass is 10.0. The Hall–Kier alpha value is -2.14. The van der Waals surface area contributed by atoms with E-state index in [1.807, 2.05) is 18.2 Å². The number of rotatable bonds is 4. The Labute approximate surface area is 142 Å². The molecule has 0 amide bonds. The van der Waals surface area contributed by atoms with E-state index in [2.05, 4.69) is 17.0 Å². The van der Waals surface area contributed by atoms with Crippen LogP contribution in [0.2, 0.25) is 0 Å². The maximum absolute atomic E-state index is 12.4. The van der Waals surface area contributed by atoms with Crippen LogP contribution in [0.25, 0.3) is 0 Å². The van der Waals surface area contributed by atoms with Crippen LogP contribution in [-0.4, -0.2) is 42.1 Å². The number of carbonyl (C=O) groups is 2. The highest BCUT2D eigenvalue weighted by atomic mass is 16.6. The summed E-state index contributed by atoms with van der Waals surface area (Å²) in [5.41, 5.74) is 1.86. The fraction of sp³-hybridized carbons (Fsp3) is 0.474. The van der Waals surface area contributed by atoms with E-state index in [9.17, 15) is 9.59 Å². The third-order valence-electron chi connectivity index (χ3n) is 4.51. The maximum Gasteiger partial charge on any atom is 0.335 e. The van der Waals surface area contributed by atoms with E-state index in [1.54, 1.807) is 6.08 Å². The molecule has 0 spiro atoms. The zero-order valence-electron chi connectivity index (χ0n) is 13.9. The normalized spacial score (nSPS) is 24.9. The van der Waals surface area contributed by atoms with Crippen LogP contribution in [0.5, 0.6) is 0 Å². The molecule has 0 saturated carbocycles. The van der Waals surface area contributed by atoms with Gasteiger partial charge in [-0.3, -0.25) is 9.69 Å². The van der Waals surface area contributed by atoms with E-state index >= 15 is 0 Å². The number of ether oxygens (including phenoxy) is 2. The molecule has 5 nitrogen and oxygen atoms in total. The molecule has 2 heterocycles. The van der Waals surface area contributed by atoms with E-state index < -0.39 is 0 Å². The zero-order chi connectivity index (χ0) is 16.9. The Morgan fingerprint density at radius 2 is 2.08 bits per heavy atom. The number of esters is 2. The predicted molar refractivity (Wildman–Crippen MR) is 89.1 cm³/mol. The highest BCUT2D eigenvalue weighted by Crippen LogP contribution is 2.28. The summed E-state index contributed by atoms with van der Waals surface area (Å²) in [7, 11) is 0. The highest BCUT2D eigenvalue weighted by Gasteiger charge is 2.34. The summed E-state index contributed by atoms with van der Waals surface area (Å²) in [6, 6.07) is 10.3. The van der Waals surface area contributed by atoms with Crippen LogP contribution in [-0.2, 0) is 25.6 Å². The lowest BCUT2D eigenvalue weighted by molar-refractivity contribution is -0.144. The van der Waals surface area contributed by atoms with Crippen molar-refractivity contribution in [3.8, 4) is 0 Å². The summed E-state index contributed by atoms with van der Waals surface area (Å²) in [6.45, 7) is 3.41. The summed E-state index contributed by atoms with van der Waals surface area (Å²) < 4.78 is 10.6. The summed E-state index contributed by atoms with van der Waals surface area (Å²) in [5.74, 6) is -0.618. The lowest BCUT2D eigenvalue weighted by Gasteiger charge is -2.25. The quantitative estimate of drug-likeness (QED) is 0.794. The maximum atomic E-state index is 12.4. The van der Waals surface area contributed by atoms with Crippen LogP contribution in [0.15, 0.2) is 42.0 Å². The van der Waals surface area contributed by atoms with E-state index in [0.717, 1.165) is 25.9 Å². The molecule has 24 heavy (non-hydrogen) atoms. The van der Waals surface area contributed by atoms with Crippen molar-refractivity contribution in [2.75, 3.05) is 13.2 Å². The molecule has 0 bridgehead atoms. The van der Waals surface area contributed by atoms with Gasteiger partial charge in [-0.25, -0.2) is 4.79 Å². The van der Waals surface area contributed by atoms with Crippen molar-refractivity contribution in [1.82, 2.24) is 4.90 Å². The Bertz CT molecular complexity index is 626. The van der Waals surface area contributed by atoms with Crippen LogP contribution in [0, 0.1) is 0 Å². The molecule has 1 fully saturated rings. The van der Waals surface area contributed by atoms with Gasteiger partial charge in [0.25, 0.3) is 0 Å². The van der Waals surface area contributed by atoms with Gasteiger partial charge in [-0.1, -0.05) is 30.3 Å². The van der Waals surface area contributed by atoms with Gasteiger partial charge in [-0.2, -0.15) is 0 Å². The molecule has 0 aliphatic carbocycles. The van der Waals surface area contributed by atoms with Gasteiger partial charge in [0.05, 0.1) is 12.2 Å². The Morgan fingerprint density at radius 1 is 1.29 bits per heavy atom. The molecule has 0 N–H and O–H groups in total. The van der Waals surface area contributed by atoms with Gasteiger partial charge in [-0.15, -0.1) is 0 Å². The summed E-state index contributed by atoms with van der Waals surface area (Å²) >= 11 is 0. The SMILES string of the molecule is CC(=O)O[C@@H]1C=C([C@H]2CCCN2Cc2ccccc2)C(=O)OCC1. The first-order chi connectivity index (χ1) is 11.6. The first kappa shape index (κ1) is 16.7. The van der Waals surface area contributed by atoms with E-state index in [0.29, 0.717) is 12.0 Å². The summed E-state index contributed by atoms with van der Waals surface area (Å²) in [6.07, 6.45) is 3.88. The second-order valence-electron chi connectivity index (χ2n) is 6.31. The van der Waals surface area contributed by atoms with Gasteiger partial charge >= 0.3 is 11.9 Å². The van der Waals surface area contributed by atoms with Crippen molar-refractivity contribution >= 4 is 11.9 Å². The van der Waals surface area contributed by atoms with Gasteiger partial charge < -0.3 is 9.47 Å². The fourth-order valence-corrected chi connectivity index (χ4v) is 3.44. The number of hydrogen-bond donors (Lipinski definition) is 0. The lowest BCUT2D eigenvalue weighted by Crippen LogP contribution is -2.34. The minimum atomic E-state index is -0.386. The van der Waals surface area contributed by atoms with Crippen LogP contribution < -0.4 is 0 Å². The van der Waals surface area contributed by atoms with Gasteiger partial charge in [0.15, 0.2) is 0 Å². The number of likely N-dealkylation sites (tertiary alicyclic amines) is 1. The third-order valence-corrected chi connectivity index (χ3v) is 4.51. The topological polar surface area (TPSA) is 55.8 Å². The molecule has 1 aromatic carbocycles. The molecule has 0 radical (unpaired) electrons. The van der Waals surface area contributed by atoms with Gasteiger partial charge in [0, 0.05) is 25.9 Å². The Morgan fingerprint density at radius 3 is 2.83 bits per heavy atom. The molecule has 128 valence electrons. The zero-order valence-corrected chi connectivity index (χ0v) is 13.9. The van der Waals surface area contributed by atoms with Gasteiger partial charge in [-0.05, 0) is 31.0 Å². The van der Waals surface area contributed by atoms with Crippen LogP contribution in [0.4, 0.5) is 0 Å². The standard InChI is InChI=1S/C19H23NO4/c1-14(21)24-16-9-11-23-19(22)17(12-16)18-8-5-10-20(18)13-15-6-3-2-4-7-15/h2-4,6-7,12,16,18H,5,8-11,13H2,1H3/t16-,18+/m0/s1. The van der Waals surface area contributed by atoms with Crippen molar-refractivity contribution in [1.29, 1.82) is 0 Å². The first-order valence-corrected chi connectivity index (χ1v) is 8.47. The minimum Gasteiger partial charge on any atom is -0.462 e. The molecule has 5 heteroatoms. The molecule has 1 saturated heterocycles. The molecule has 2 aliphatic rings. The molecule has 0 aromatic heterocycles. The smallest absolute Gasteiger partial charge is 0.335 e.